The summed E-state index contributed by atoms with van der Waals surface area (Å²) in [5.74, 6) is 0. The molecule has 0 unspecified atom stereocenters. The molecule has 158 valence electrons. The summed E-state index contributed by atoms with van der Waals surface area (Å²) in [6.45, 7) is 6.92. The third-order valence-electron chi connectivity index (χ3n) is 6.49. The lowest BCUT2D eigenvalue weighted by Crippen LogP contribution is -2.45. The number of aliphatic hydroxyl groups is 2. The van der Waals surface area contributed by atoms with E-state index in [1.54, 1.807) is 11.3 Å². The Hall–Kier alpha value is -1.47. The molecule has 2 aliphatic rings. The van der Waals surface area contributed by atoms with Gasteiger partial charge in [0.25, 0.3) is 0 Å². The number of thiazole rings is 1. The van der Waals surface area contributed by atoms with Crippen molar-refractivity contribution < 1.29 is 10.2 Å². The Morgan fingerprint density at radius 2 is 2.10 bits per heavy atom. The number of piperidine rings is 1. The van der Waals surface area contributed by atoms with Gasteiger partial charge in [-0.1, -0.05) is 26.0 Å². The second-order valence-electron chi connectivity index (χ2n) is 9.13. The topological polar surface area (TPSA) is 68.6 Å². The van der Waals surface area contributed by atoms with E-state index < -0.39 is 6.10 Å². The van der Waals surface area contributed by atoms with Crippen LogP contribution in [-0.2, 0) is 11.8 Å². The predicted molar refractivity (Wildman–Crippen MR) is 120 cm³/mol. The van der Waals surface area contributed by atoms with Gasteiger partial charge in [-0.05, 0) is 54.7 Å². The molecule has 4 rings (SSSR count). The van der Waals surface area contributed by atoms with Gasteiger partial charge in [-0.15, -0.1) is 11.3 Å². The SMILES string of the molecule is CC1(C)CCCc2cc(-c3csc(N4CCC(NC[C@H](O)CO)CC4)n3)ccc21. The molecule has 0 radical (unpaired) electrons. The zero-order valence-corrected chi connectivity index (χ0v) is 18.3. The maximum atomic E-state index is 9.50. The van der Waals surface area contributed by atoms with E-state index >= 15 is 0 Å². The molecule has 29 heavy (non-hydrogen) atoms. The average molecular weight is 416 g/mol. The molecule has 1 fully saturated rings. The van der Waals surface area contributed by atoms with Crippen LogP contribution in [0.25, 0.3) is 11.3 Å². The number of hydrogen-bond acceptors (Lipinski definition) is 6. The van der Waals surface area contributed by atoms with Crippen molar-refractivity contribution >= 4 is 16.5 Å². The van der Waals surface area contributed by atoms with Crippen molar-refractivity contribution in [1.29, 1.82) is 0 Å². The second kappa shape index (κ2) is 8.72. The molecule has 2 aromatic rings. The van der Waals surface area contributed by atoms with Gasteiger partial charge in [0, 0.05) is 36.6 Å². The number of hydrogen-bond donors (Lipinski definition) is 3. The van der Waals surface area contributed by atoms with Crippen LogP contribution in [0.4, 0.5) is 5.13 Å². The third kappa shape index (κ3) is 4.66. The summed E-state index contributed by atoms with van der Waals surface area (Å²) in [5.41, 5.74) is 5.60. The molecule has 6 heteroatoms. The van der Waals surface area contributed by atoms with E-state index in [-0.39, 0.29) is 12.0 Å². The van der Waals surface area contributed by atoms with Crippen molar-refractivity contribution in [2.24, 2.45) is 0 Å². The minimum Gasteiger partial charge on any atom is -0.394 e. The van der Waals surface area contributed by atoms with Gasteiger partial charge in [0.15, 0.2) is 5.13 Å². The molecular formula is C23H33N3O2S. The van der Waals surface area contributed by atoms with E-state index in [9.17, 15) is 5.11 Å². The second-order valence-corrected chi connectivity index (χ2v) is 9.97. The first-order valence-electron chi connectivity index (χ1n) is 10.8. The Morgan fingerprint density at radius 1 is 1.31 bits per heavy atom. The summed E-state index contributed by atoms with van der Waals surface area (Å²) >= 11 is 1.73. The molecule has 1 atom stereocenters. The normalized spacial score (nSPS) is 20.5. The summed E-state index contributed by atoms with van der Waals surface area (Å²) in [7, 11) is 0. The molecule has 1 saturated heterocycles. The van der Waals surface area contributed by atoms with Gasteiger partial charge in [-0.25, -0.2) is 4.98 Å². The first-order chi connectivity index (χ1) is 14.0. The number of benzene rings is 1. The van der Waals surface area contributed by atoms with Crippen molar-refractivity contribution in [3.8, 4) is 11.3 Å². The van der Waals surface area contributed by atoms with Crippen LogP contribution in [0.1, 0.15) is 50.7 Å². The van der Waals surface area contributed by atoms with Crippen molar-refractivity contribution in [3.63, 3.8) is 0 Å². The standard InChI is InChI=1S/C23H33N3O2S/c1-23(2)9-3-4-16-12-17(5-6-20(16)23)21-15-29-22(25-21)26-10-7-18(8-11-26)24-13-19(28)14-27/h5-6,12,15,18-19,24,27-28H,3-4,7-11,13-14H2,1-2H3/t19-/m0/s1. The lowest BCUT2D eigenvalue weighted by molar-refractivity contribution is 0.0909. The molecule has 1 aliphatic carbocycles. The summed E-state index contributed by atoms with van der Waals surface area (Å²) in [6.07, 6.45) is 5.10. The summed E-state index contributed by atoms with van der Waals surface area (Å²) in [4.78, 5) is 7.32. The Morgan fingerprint density at radius 3 is 2.86 bits per heavy atom. The molecule has 5 nitrogen and oxygen atoms in total. The number of nitrogens with zero attached hydrogens (tertiary/aromatic N) is 2. The number of aliphatic hydroxyl groups excluding tert-OH is 2. The Labute approximate surface area is 177 Å². The van der Waals surface area contributed by atoms with Crippen LogP contribution >= 0.6 is 11.3 Å². The van der Waals surface area contributed by atoms with E-state index in [4.69, 9.17) is 10.1 Å². The number of rotatable bonds is 6. The van der Waals surface area contributed by atoms with Gasteiger partial charge in [-0.3, -0.25) is 0 Å². The van der Waals surface area contributed by atoms with E-state index in [1.165, 1.54) is 36.0 Å². The van der Waals surface area contributed by atoms with Gasteiger partial charge < -0.3 is 20.4 Å². The summed E-state index contributed by atoms with van der Waals surface area (Å²) < 4.78 is 0. The largest absolute Gasteiger partial charge is 0.394 e. The number of fused-ring (bicyclic) bond motifs is 1. The lowest BCUT2D eigenvalue weighted by atomic mass is 9.72. The molecule has 2 heterocycles. The molecule has 0 saturated carbocycles. The fourth-order valence-corrected chi connectivity index (χ4v) is 5.55. The molecule has 0 bridgehead atoms. The number of nitrogens with one attached hydrogen (secondary N) is 1. The molecule has 1 aromatic heterocycles. The smallest absolute Gasteiger partial charge is 0.185 e. The number of aromatic nitrogens is 1. The lowest BCUT2D eigenvalue weighted by Gasteiger charge is -2.33. The third-order valence-corrected chi connectivity index (χ3v) is 7.39. The van der Waals surface area contributed by atoms with Crippen LogP contribution in [0.5, 0.6) is 0 Å². The maximum Gasteiger partial charge on any atom is 0.185 e. The fraction of sp³-hybridized carbons (Fsp3) is 0.609. The quantitative estimate of drug-likeness (QED) is 0.675. The Balaban J connectivity index is 1.40. The summed E-state index contributed by atoms with van der Waals surface area (Å²) in [6, 6.07) is 7.32. The number of anilines is 1. The number of aryl methyl sites for hydroxylation is 1. The first-order valence-corrected chi connectivity index (χ1v) is 11.7. The molecular weight excluding hydrogens is 382 g/mol. The highest BCUT2D eigenvalue weighted by Gasteiger charge is 2.27. The Bertz CT molecular complexity index is 827. The molecule has 3 N–H and O–H groups in total. The van der Waals surface area contributed by atoms with Crippen molar-refractivity contribution in [3.05, 3.63) is 34.7 Å². The average Bonchev–Trinajstić information content (AvgIpc) is 3.22. The van der Waals surface area contributed by atoms with E-state index in [0.29, 0.717) is 12.6 Å². The van der Waals surface area contributed by atoms with Crippen molar-refractivity contribution in [1.82, 2.24) is 10.3 Å². The van der Waals surface area contributed by atoms with Crippen LogP contribution in [0.3, 0.4) is 0 Å². The van der Waals surface area contributed by atoms with Crippen LogP contribution in [0.15, 0.2) is 23.6 Å². The van der Waals surface area contributed by atoms with E-state index in [1.807, 2.05) is 0 Å². The van der Waals surface area contributed by atoms with Crippen LogP contribution in [0.2, 0.25) is 0 Å². The zero-order chi connectivity index (χ0) is 20.4. The molecule has 1 aliphatic heterocycles. The van der Waals surface area contributed by atoms with Gasteiger partial charge in [0.05, 0.1) is 18.4 Å². The van der Waals surface area contributed by atoms with E-state index in [2.05, 4.69) is 47.6 Å². The van der Waals surface area contributed by atoms with Crippen molar-refractivity contribution in [2.75, 3.05) is 31.1 Å². The summed E-state index contributed by atoms with van der Waals surface area (Å²) in [5, 5.41) is 25.1. The van der Waals surface area contributed by atoms with Gasteiger partial charge in [-0.2, -0.15) is 0 Å². The Kier molecular flexibility index (Phi) is 6.25. The zero-order valence-electron chi connectivity index (χ0n) is 17.5. The fourth-order valence-electron chi connectivity index (χ4n) is 4.66. The van der Waals surface area contributed by atoms with Gasteiger partial charge >= 0.3 is 0 Å². The van der Waals surface area contributed by atoms with Crippen LogP contribution in [0, 0.1) is 0 Å². The van der Waals surface area contributed by atoms with Crippen molar-refractivity contribution in [2.45, 2.75) is 63.5 Å². The highest BCUT2D eigenvalue weighted by Crippen LogP contribution is 2.39. The van der Waals surface area contributed by atoms with E-state index in [0.717, 1.165) is 36.8 Å². The molecule has 0 spiro atoms. The van der Waals surface area contributed by atoms with Crippen LogP contribution < -0.4 is 10.2 Å². The molecule has 0 amide bonds. The van der Waals surface area contributed by atoms with Gasteiger partial charge in [0.1, 0.15) is 0 Å². The van der Waals surface area contributed by atoms with Crippen LogP contribution in [-0.4, -0.2) is 53.6 Å². The highest BCUT2D eigenvalue weighted by atomic mass is 32.1. The molecule has 1 aromatic carbocycles. The monoisotopic (exact) mass is 415 g/mol. The van der Waals surface area contributed by atoms with Gasteiger partial charge in [0.2, 0.25) is 0 Å². The predicted octanol–water partition coefficient (Wildman–Crippen LogP) is 3.34. The minimum absolute atomic E-state index is 0.187. The highest BCUT2D eigenvalue weighted by molar-refractivity contribution is 7.14. The first kappa shape index (κ1) is 20.8. The maximum absolute atomic E-state index is 9.50. The minimum atomic E-state index is -0.670.